The number of hydrogen-bond donors (Lipinski definition) is 1. The van der Waals surface area contributed by atoms with Gasteiger partial charge in [-0.3, -0.25) is 4.79 Å². The molecule has 24 heavy (non-hydrogen) atoms. The highest BCUT2D eigenvalue weighted by molar-refractivity contribution is 5.92. The molecule has 1 N–H and O–H groups in total. The molecule has 0 spiro atoms. The Morgan fingerprint density at radius 3 is 2.42 bits per heavy atom. The van der Waals surface area contributed by atoms with Crippen LogP contribution in [0, 0.1) is 6.92 Å². The molecule has 0 saturated carbocycles. The number of carbonyl (C=O) groups is 1. The summed E-state index contributed by atoms with van der Waals surface area (Å²) in [4.78, 5) is 12.1. The molecule has 2 rings (SSSR count). The molecule has 0 radical (unpaired) electrons. The van der Waals surface area contributed by atoms with Gasteiger partial charge in [0.25, 0.3) is 0 Å². The van der Waals surface area contributed by atoms with Crippen molar-refractivity contribution in [1.29, 1.82) is 0 Å². The second-order valence-corrected chi connectivity index (χ2v) is 5.58. The Balaban J connectivity index is 2.03. The molecule has 0 aliphatic carbocycles. The van der Waals surface area contributed by atoms with Gasteiger partial charge in [0.1, 0.15) is 11.5 Å². The van der Waals surface area contributed by atoms with Gasteiger partial charge >= 0.3 is 0 Å². The Labute approximate surface area is 143 Å². The van der Waals surface area contributed by atoms with Crippen LogP contribution in [-0.2, 0) is 4.79 Å². The van der Waals surface area contributed by atoms with Gasteiger partial charge in [0.15, 0.2) is 0 Å². The zero-order valence-corrected chi connectivity index (χ0v) is 14.5. The van der Waals surface area contributed by atoms with Crippen molar-refractivity contribution in [3.8, 4) is 11.5 Å². The van der Waals surface area contributed by atoms with Gasteiger partial charge in [-0.15, -0.1) is 0 Å². The normalized spacial score (nSPS) is 12.0. The largest absolute Gasteiger partial charge is 0.497 e. The van der Waals surface area contributed by atoms with Crippen molar-refractivity contribution in [3.05, 3.63) is 65.2 Å². The van der Waals surface area contributed by atoms with Crippen LogP contribution in [0.5, 0.6) is 11.5 Å². The number of methoxy groups -OCH3 is 2. The van der Waals surface area contributed by atoms with Crippen LogP contribution in [-0.4, -0.2) is 20.1 Å². The van der Waals surface area contributed by atoms with Crippen LogP contribution < -0.4 is 14.8 Å². The molecule has 126 valence electrons. The molecule has 4 heteroatoms. The third-order valence-corrected chi connectivity index (χ3v) is 3.75. The van der Waals surface area contributed by atoms with Crippen molar-refractivity contribution in [1.82, 2.24) is 5.32 Å². The molecule has 4 nitrogen and oxygen atoms in total. The Morgan fingerprint density at radius 1 is 1.08 bits per heavy atom. The van der Waals surface area contributed by atoms with Gasteiger partial charge in [-0.25, -0.2) is 0 Å². The van der Waals surface area contributed by atoms with Crippen molar-refractivity contribution in [2.45, 2.75) is 19.9 Å². The monoisotopic (exact) mass is 325 g/mol. The summed E-state index contributed by atoms with van der Waals surface area (Å²) >= 11 is 0. The first-order valence-electron chi connectivity index (χ1n) is 7.80. The van der Waals surface area contributed by atoms with Gasteiger partial charge in [-0.05, 0) is 43.7 Å². The van der Waals surface area contributed by atoms with Crippen LogP contribution in [0.1, 0.15) is 29.7 Å². The molecule has 0 unspecified atom stereocenters. The number of benzene rings is 2. The zero-order chi connectivity index (χ0) is 17.5. The minimum absolute atomic E-state index is 0.145. The first-order valence-corrected chi connectivity index (χ1v) is 7.80. The minimum Gasteiger partial charge on any atom is -0.497 e. The highest BCUT2D eigenvalue weighted by atomic mass is 16.5. The van der Waals surface area contributed by atoms with Crippen LogP contribution in [0.2, 0.25) is 0 Å². The Morgan fingerprint density at radius 2 is 1.79 bits per heavy atom. The summed E-state index contributed by atoms with van der Waals surface area (Å²) in [5.41, 5.74) is 3.02. The molecule has 0 bridgehead atoms. The molecule has 1 atom stereocenters. The molecular weight excluding hydrogens is 302 g/mol. The van der Waals surface area contributed by atoms with E-state index < -0.39 is 0 Å². The Kier molecular flexibility index (Phi) is 6.01. The van der Waals surface area contributed by atoms with Gasteiger partial charge in [-0.2, -0.15) is 0 Å². The van der Waals surface area contributed by atoms with Gasteiger partial charge in [-0.1, -0.05) is 29.8 Å². The maximum absolute atomic E-state index is 12.1. The molecule has 1 amide bonds. The summed E-state index contributed by atoms with van der Waals surface area (Å²) in [5, 5.41) is 2.96. The average Bonchev–Trinajstić information content (AvgIpc) is 2.60. The van der Waals surface area contributed by atoms with Gasteiger partial charge in [0.05, 0.1) is 20.3 Å². The molecule has 0 heterocycles. The standard InChI is InChI=1S/C20H23NO3/c1-14-5-11-19(24-4)18(13-14)15(2)21-20(22)12-8-16-6-9-17(23-3)10-7-16/h5-13,15H,1-4H3,(H,21,22)/b12-8+/t15-/m0/s1. The highest BCUT2D eigenvalue weighted by Gasteiger charge is 2.13. The number of hydrogen-bond acceptors (Lipinski definition) is 3. The second-order valence-electron chi connectivity index (χ2n) is 5.58. The number of rotatable bonds is 6. The lowest BCUT2D eigenvalue weighted by Gasteiger charge is -2.17. The number of aryl methyl sites for hydroxylation is 1. The quantitative estimate of drug-likeness (QED) is 0.819. The van der Waals surface area contributed by atoms with Crippen molar-refractivity contribution in [2.24, 2.45) is 0 Å². The summed E-state index contributed by atoms with van der Waals surface area (Å²) in [6.45, 7) is 3.96. The molecule has 0 fully saturated rings. The summed E-state index contributed by atoms with van der Waals surface area (Å²) < 4.78 is 10.5. The van der Waals surface area contributed by atoms with E-state index in [4.69, 9.17) is 9.47 Å². The fourth-order valence-electron chi connectivity index (χ4n) is 2.42. The van der Waals surface area contributed by atoms with Crippen LogP contribution >= 0.6 is 0 Å². The highest BCUT2D eigenvalue weighted by Crippen LogP contribution is 2.26. The number of ether oxygens (including phenoxy) is 2. The zero-order valence-electron chi connectivity index (χ0n) is 14.5. The van der Waals surface area contributed by atoms with Crippen LogP contribution in [0.15, 0.2) is 48.5 Å². The van der Waals surface area contributed by atoms with Crippen molar-refractivity contribution in [3.63, 3.8) is 0 Å². The number of carbonyl (C=O) groups excluding carboxylic acids is 1. The van der Waals surface area contributed by atoms with Gasteiger partial charge < -0.3 is 14.8 Å². The van der Waals surface area contributed by atoms with E-state index in [-0.39, 0.29) is 11.9 Å². The summed E-state index contributed by atoms with van der Waals surface area (Å²) in [6, 6.07) is 13.3. The van der Waals surface area contributed by atoms with E-state index in [1.807, 2.05) is 56.3 Å². The minimum atomic E-state index is -0.151. The van der Waals surface area contributed by atoms with E-state index in [2.05, 4.69) is 5.32 Å². The molecule has 0 aromatic heterocycles. The number of amides is 1. The maximum atomic E-state index is 12.1. The summed E-state index contributed by atoms with van der Waals surface area (Å²) in [6.07, 6.45) is 3.30. The molecule has 0 aliphatic rings. The van der Waals surface area contributed by atoms with Gasteiger partial charge in [0.2, 0.25) is 5.91 Å². The fourth-order valence-corrected chi connectivity index (χ4v) is 2.42. The van der Waals surface area contributed by atoms with E-state index >= 15 is 0 Å². The molecule has 0 aliphatic heterocycles. The lowest BCUT2D eigenvalue weighted by atomic mass is 10.0. The summed E-state index contributed by atoms with van der Waals surface area (Å²) in [7, 11) is 3.26. The number of nitrogens with one attached hydrogen (secondary N) is 1. The van der Waals surface area contributed by atoms with E-state index in [0.717, 1.165) is 28.2 Å². The third-order valence-electron chi connectivity index (χ3n) is 3.75. The first kappa shape index (κ1) is 17.6. The predicted molar refractivity (Wildman–Crippen MR) is 96.3 cm³/mol. The molecule has 2 aromatic carbocycles. The third kappa shape index (κ3) is 4.62. The van der Waals surface area contributed by atoms with E-state index in [0.29, 0.717) is 0 Å². The van der Waals surface area contributed by atoms with Gasteiger partial charge in [0, 0.05) is 11.6 Å². The first-order chi connectivity index (χ1) is 11.5. The predicted octanol–water partition coefficient (Wildman–Crippen LogP) is 3.90. The van der Waals surface area contributed by atoms with E-state index in [1.165, 1.54) is 6.08 Å². The smallest absolute Gasteiger partial charge is 0.244 e. The SMILES string of the molecule is COc1ccc(/C=C/C(=O)N[C@@H](C)c2cc(C)ccc2OC)cc1. The van der Waals surface area contributed by atoms with Crippen LogP contribution in [0.3, 0.4) is 0 Å². The van der Waals surface area contributed by atoms with Crippen molar-refractivity contribution < 1.29 is 14.3 Å². The summed E-state index contributed by atoms with van der Waals surface area (Å²) in [5.74, 6) is 1.41. The van der Waals surface area contributed by atoms with Crippen molar-refractivity contribution >= 4 is 12.0 Å². The molecular formula is C20H23NO3. The molecule has 0 saturated heterocycles. The maximum Gasteiger partial charge on any atom is 0.244 e. The lowest BCUT2D eigenvalue weighted by Crippen LogP contribution is -2.25. The average molecular weight is 325 g/mol. The van der Waals surface area contributed by atoms with E-state index in [9.17, 15) is 4.79 Å². The van der Waals surface area contributed by atoms with Crippen LogP contribution in [0.4, 0.5) is 0 Å². The fraction of sp³-hybridized carbons (Fsp3) is 0.250. The van der Waals surface area contributed by atoms with Crippen molar-refractivity contribution in [2.75, 3.05) is 14.2 Å². The molecule has 2 aromatic rings. The lowest BCUT2D eigenvalue weighted by molar-refractivity contribution is -0.117. The second kappa shape index (κ2) is 8.20. The Hall–Kier alpha value is -2.75. The topological polar surface area (TPSA) is 47.6 Å². The Bertz CT molecular complexity index is 720. The van der Waals surface area contributed by atoms with Crippen LogP contribution in [0.25, 0.3) is 6.08 Å². The van der Waals surface area contributed by atoms with E-state index in [1.54, 1.807) is 20.3 Å².